The molecule has 3 rings (SSSR count). The molecule has 0 spiro atoms. The zero-order chi connectivity index (χ0) is 20.8. The van der Waals surface area contributed by atoms with E-state index in [0.29, 0.717) is 5.56 Å². The second kappa shape index (κ2) is 9.05. The van der Waals surface area contributed by atoms with Crippen LogP contribution >= 0.6 is 0 Å². The first kappa shape index (κ1) is 20.1. The van der Waals surface area contributed by atoms with Crippen molar-refractivity contribution in [1.82, 2.24) is 10.3 Å². The Bertz CT molecular complexity index is 1030. The Morgan fingerprint density at radius 1 is 1.07 bits per heavy atom. The predicted molar refractivity (Wildman–Crippen MR) is 108 cm³/mol. The van der Waals surface area contributed by atoms with Gasteiger partial charge in [-0.05, 0) is 24.1 Å². The Hall–Kier alpha value is -3.61. The Labute approximate surface area is 168 Å². The summed E-state index contributed by atoms with van der Waals surface area (Å²) in [6.07, 6.45) is 1.15. The molecule has 1 aromatic heterocycles. The largest absolute Gasteiger partial charge is 0.467 e. The molecular formula is C22H22N2O5. The average Bonchev–Trinajstić information content (AvgIpc) is 3.14. The van der Waals surface area contributed by atoms with Gasteiger partial charge in [0.05, 0.1) is 7.11 Å². The Morgan fingerprint density at radius 3 is 2.52 bits per heavy atom. The fourth-order valence-electron chi connectivity index (χ4n) is 3.17. The number of aromatic amines is 1. The van der Waals surface area contributed by atoms with E-state index in [1.165, 1.54) is 14.0 Å². The van der Waals surface area contributed by atoms with Gasteiger partial charge < -0.3 is 19.8 Å². The lowest BCUT2D eigenvalue weighted by atomic mass is 9.99. The van der Waals surface area contributed by atoms with Crippen LogP contribution in [-0.2, 0) is 27.3 Å². The number of esters is 1. The molecule has 7 heteroatoms. The predicted octanol–water partition coefficient (Wildman–Crippen LogP) is 3.38. The van der Waals surface area contributed by atoms with Crippen molar-refractivity contribution in [3.05, 3.63) is 71.4 Å². The highest BCUT2D eigenvalue weighted by Crippen LogP contribution is 2.24. The molecule has 0 bridgehead atoms. The van der Waals surface area contributed by atoms with Crippen LogP contribution in [0.2, 0.25) is 0 Å². The molecule has 2 N–H and O–H groups in total. The number of H-pyrrole nitrogens is 1. The maximum Gasteiger partial charge on any atom is 0.408 e. The molecule has 3 aromatic rings. The third-order valence-corrected chi connectivity index (χ3v) is 4.58. The number of rotatable bonds is 7. The van der Waals surface area contributed by atoms with E-state index in [4.69, 9.17) is 9.47 Å². The quantitative estimate of drug-likeness (QED) is 0.473. The smallest absolute Gasteiger partial charge is 0.408 e. The summed E-state index contributed by atoms with van der Waals surface area (Å²) in [5.74, 6) is -0.683. The van der Waals surface area contributed by atoms with Crippen LogP contribution < -0.4 is 5.32 Å². The lowest BCUT2D eigenvalue weighted by Gasteiger charge is -2.16. The van der Waals surface area contributed by atoms with E-state index in [0.717, 1.165) is 22.0 Å². The molecule has 2 aromatic carbocycles. The monoisotopic (exact) mass is 394 g/mol. The highest BCUT2D eigenvalue weighted by Gasteiger charge is 2.25. The summed E-state index contributed by atoms with van der Waals surface area (Å²) < 4.78 is 10.0. The van der Waals surface area contributed by atoms with Gasteiger partial charge in [-0.15, -0.1) is 0 Å². The molecule has 29 heavy (non-hydrogen) atoms. The summed E-state index contributed by atoms with van der Waals surface area (Å²) in [6, 6.07) is 13.6. The third-order valence-electron chi connectivity index (χ3n) is 4.58. The number of alkyl carbamates (subject to hydrolysis) is 1. The highest BCUT2D eigenvalue weighted by molar-refractivity contribution is 6.07. The first-order valence-corrected chi connectivity index (χ1v) is 9.14. The van der Waals surface area contributed by atoms with Crippen molar-refractivity contribution >= 4 is 28.7 Å². The van der Waals surface area contributed by atoms with Gasteiger partial charge in [0.25, 0.3) is 0 Å². The van der Waals surface area contributed by atoms with E-state index in [9.17, 15) is 14.4 Å². The molecule has 0 radical (unpaired) electrons. The Balaban J connectivity index is 1.76. The van der Waals surface area contributed by atoms with Crippen molar-refractivity contribution in [2.24, 2.45) is 0 Å². The van der Waals surface area contributed by atoms with Gasteiger partial charge in [-0.25, -0.2) is 9.59 Å². The van der Waals surface area contributed by atoms with Crippen LogP contribution in [0.15, 0.2) is 54.7 Å². The standard InChI is InChI=1S/C22H22N2O5/c1-14(25)17-9-6-10-18-20(17)16(12-23-18)11-19(21(26)28-2)24-22(27)29-13-15-7-4-3-5-8-15/h3-10,12,19,23H,11,13H2,1-2H3,(H,24,27)/t19-/m0/s1. The van der Waals surface area contributed by atoms with Crippen LogP contribution in [0.3, 0.4) is 0 Å². The van der Waals surface area contributed by atoms with Crippen LogP contribution in [0.5, 0.6) is 0 Å². The first-order chi connectivity index (χ1) is 14.0. The van der Waals surface area contributed by atoms with Gasteiger partial charge in [0.1, 0.15) is 12.6 Å². The molecule has 1 amide bonds. The number of fused-ring (bicyclic) bond motifs is 1. The summed E-state index contributed by atoms with van der Waals surface area (Å²) >= 11 is 0. The highest BCUT2D eigenvalue weighted by atomic mass is 16.6. The number of amides is 1. The van der Waals surface area contributed by atoms with Crippen molar-refractivity contribution in [2.45, 2.75) is 26.0 Å². The van der Waals surface area contributed by atoms with Gasteiger partial charge in [-0.2, -0.15) is 0 Å². The van der Waals surface area contributed by atoms with Crippen LogP contribution in [-0.4, -0.2) is 36.0 Å². The number of hydrogen-bond donors (Lipinski definition) is 2. The zero-order valence-corrected chi connectivity index (χ0v) is 16.2. The van der Waals surface area contributed by atoms with Crippen LogP contribution in [0.1, 0.15) is 28.4 Å². The maximum atomic E-state index is 12.2. The minimum absolute atomic E-state index is 0.0821. The molecule has 0 aliphatic heterocycles. The number of aromatic nitrogens is 1. The molecule has 0 aliphatic carbocycles. The summed E-state index contributed by atoms with van der Waals surface area (Å²) in [4.78, 5) is 39.5. The maximum absolute atomic E-state index is 12.2. The molecule has 150 valence electrons. The number of nitrogens with one attached hydrogen (secondary N) is 2. The Kier molecular flexibility index (Phi) is 6.29. The fourth-order valence-corrected chi connectivity index (χ4v) is 3.17. The van der Waals surface area contributed by atoms with Gasteiger partial charge in [-0.1, -0.05) is 42.5 Å². The van der Waals surface area contributed by atoms with E-state index >= 15 is 0 Å². The molecule has 0 saturated carbocycles. The van der Waals surface area contributed by atoms with Crippen molar-refractivity contribution < 1.29 is 23.9 Å². The minimum Gasteiger partial charge on any atom is -0.467 e. The SMILES string of the molecule is COC(=O)[C@H](Cc1c[nH]c2cccc(C(C)=O)c12)NC(=O)OCc1ccccc1. The number of ketones is 1. The van der Waals surface area contributed by atoms with E-state index in [1.54, 1.807) is 18.3 Å². The number of methoxy groups -OCH3 is 1. The van der Waals surface area contributed by atoms with Gasteiger partial charge in [0.2, 0.25) is 0 Å². The van der Waals surface area contributed by atoms with Crippen LogP contribution in [0, 0.1) is 0 Å². The van der Waals surface area contributed by atoms with Crippen molar-refractivity contribution in [1.29, 1.82) is 0 Å². The first-order valence-electron chi connectivity index (χ1n) is 9.14. The van der Waals surface area contributed by atoms with E-state index in [1.807, 2.05) is 36.4 Å². The average molecular weight is 394 g/mol. The van der Waals surface area contributed by atoms with Gasteiger partial charge >= 0.3 is 12.1 Å². The minimum atomic E-state index is -0.956. The van der Waals surface area contributed by atoms with Crippen molar-refractivity contribution in [3.8, 4) is 0 Å². The topological polar surface area (TPSA) is 97.5 Å². The normalized spacial score (nSPS) is 11.7. The fraction of sp³-hybridized carbons (Fsp3) is 0.227. The molecule has 1 atom stereocenters. The zero-order valence-electron chi connectivity index (χ0n) is 16.2. The van der Waals surface area contributed by atoms with Crippen LogP contribution in [0.25, 0.3) is 10.9 Å². The van der Waals surface area contributed by atoms with E-state index in [2.05, 4.69) is 10.3 Å². The number of carbonyl (C=O) groups excluding carboxylic acids is 3. The number of hydrogen-bond acceptors (Lipinski definition) is 5. The molecule has 0 saturated heterocycles. The van der Waals surface area contributed by atoms with Gasteiger partial charge in [0.15, 0.2) is 5.78 Å². The molecule has 0 unspecified atom stereocenters. The molecule has 7 nitrogen and oxygen atoms in total. The van der Waals surface area contributed by atoms with E-state index < -0.39 is 18.1 Å². The number of benzene rings is 2. The summed E-state index contributed by atoms with van der Waals surface area (Å²) in [5, 5.41) is 3.29. The second-order valence-electron chi connectivity index (χ2n) is 6.58. The lowest BCUT2D eigenvalue weighted by Crippen LogP contribution is -2.43. The van der Waals surface area contributed by atoms with Crippen LogP contribution in [0.4, 0.5) is 4.79 Å². The summed E-state index contributed by atoms with van der Waals surface area (Å²) in [6.45, 7) is 1.57. The summed E-state index contributed by atoms with van der Waals surface area (Å²) in [7, 11) is 1.25. The Morgan fingerprint density at radius 2 is 1.83 bits per heavy atom. The molecule has 0 fully saturated rings. The second-order valence-corrected chi connectivity index (χ2v) is 6.58. The van der Waals surface area contributed by atoms with Gasteiger partial charge in [0, 0.05) is 29.1 Å². The van der Waals surface area contributed by atoms with Crippen molar-refractivity contribution in [3.63, 3.8) is 0 Å². The van der Waals surface area contributed by atoms with Gasteiger partial charge in [-0.3, -0.25) is 4.79 Å². The summed E-state index contributed by atoms with van der Waals surface area (Å²) in [5.41, 5.74) is 2.89. The van der Waals surface area contributed by atoms with Crippen molar-refractivity contribution in [2.75, 3.05) is 7.11 Å². The lowest BCUT2D eigenvalue weighted by molar-refractivity contribution is -0.142. The molecule has 0 aliphatic rings. The molecule has 1 heterocycles. The third kappa shape index (κ3) is 4.82. The number of Topliss-reactive ketones (excluding diaryl/α,β-unsaturated/α-hetero) is 1. The number of ether oxygens (including phenoxy) is 2. The molecular weight excluding hydrogens is 372 g/mol. The van der Waals surface area contributed by atoms with E-state index in [-0.39, 0.29) is 18.8 Å². The number of carbonyl (C=O) groups is 3.